The first-order valence-electron chi connectivity index (χ1n) is 20.4. The van der Waals surface area contributed by atoms with E-state index in [4.69, 9.17) is 15.0 Å². The van der Waals surface area contributed by atoms with E-state index in [-0.39, 0.29) is 5.41 Å². The second-order valence-electron chi connectivity index (χ2n) is 16.8. The molecule has 4 fully saturated rings. The Bertz CT molecular complexity index is 2780. The molecule has 4 saturated carbocycles. The summed E-state index contributed by atoms with van der Waals surface area (Å²) in [5, 5.41) is 2.57. The van der Waals surface area contributed by atoms with Crippen LogP contribution in [0.15, 0.2) is 164 Å². The van der Waals surface area contributed by atoms with Gasteiger partial charge in [0.15, 0.2) is 17.5 Å². The van der Waals surface area contributed by atoms with E-state index in [2.05, 4.69) is 164 Å². The molecule has 5 aliphatic carbocycles. The van der Waals surface area contributed by atoms with Gasteiger partial charge in [-0.2, -0.15) is 0 Å². The van der Waals surface area contributed by atoms with Crippen molar-refractivity contribution in [2.75, 3.05) is 0 Å². The van der Waals surface area contributed by atoms with Crippen LogP contribution in [0.2, 0.25) is 0 Å². The lowest BCUT2D eigenvalue weighted by Crippen LogP contribution is -2.55. The van der Waals surface area contributed by atoms with Gasteiger partial charge in [0.05, 0.1) is 0 Å². The van der Waals surface area contributed by atoms with Gasteiger partial charge < -0.3 is 0 Å². The fourth-order valence-corrected chi connectivity index (χ4v) is 11.8. The van der Waals surface area contributed by atoms with E-state index in [1.54, 1.807) is 11.1 Å². The molecule has 5 aliphatic rings. The average molecular weight is 720 g/mol. The predicted molar refractivity (Wildman–Crippen MR) is 228 cm³/mol. The lowest BCUT2D eigenvalue weighted by atomic mass is 9.43. The van der Waals surface area contributed by atoms with Crippen molar-refractivity contribution >= 4 is 10.8 Å². The molecule has 268 valence electrons. The minimum Gasteiger partial charge on any atom is -0.208 e. The average Bonchev–Trinajstić information content (AvgIpc) is 3.57. The smallest absolute Gasteiger partial charge is 0.164 e. The molecule has 0 radical (unpaired) electrons. The molecule has 1 spiro atoms. The van der Waals surface area contributed by atoms with Crippen LogP contribution in [0.25, 0.3) is 78.3 Å². The zero-order valence-electron chi connectivity index (χ0n) is 31.3. The van der Waals surface area contributed by atoms with Crippen molar-refractivity contribution in [3.8, 4) is 67.5 Å². The lowest BCUT2D eigenvalue weighted by Gasteiger charge is -2.61. The third-order valence-corrected chi connectivity index (χ3v) is 13.9. The largest absolute Gasteiger partial charge is 0.208 e. The molecule has 3 heteroatoms. The lowest BCUT2D eigenvalue weighted by molar-refractivity contribution is -0.0399. The van der Waals surface area contributed by atoms with Gasteiger partial charge in [-0.15, -0.1) is 0 Å². The highest BCUT2D eigenvalue weighted by Crippen LogP contribution is 2.69. The van der Waals surface area contributed by atoms with E-state index in [0.29, 0.717) is 17.5 Å². The molecular formula is C53H41N3. The van der Waals surface area contributed by atoms with Crippen LogP contribution in [0.1, 0.15) is 43.2 Å². The molecule has 13 rings (SSSR count). The SMILES string of the molecule is c1ccc(-c2ccc(-c3nc(-c4cccc(-c5ccccc5)c4)nc(-c4ccc5c6c(ccc5c4)C4(c5ccccc5-6)C5CC6CC(C5)CC4C6)n3)cc2)cc1. The van der Waals surface area contributed by atoms with Gasteiger partial charge >= 0.3 is 0 Å². The molecular weight excluding hydrogens is 679 g/mol. The van der Waals surface area contributed by atoms with E-state index in [9.17, 15) is 0 Å². The Morgan fingerprint density at radius 1 is 0.375 bits per heavy atom. The number of aromatic nitrogens is 3. The number of benzene rings is 7. The first-order chi connectivity index (χ1) is 27.7. The first-order valence-corrected chi connectivity index (χ1v) is 20.4. The van der Waals surface area contributed by atoms with Gasteiger partial charge in [-0.05, 0) is 123 Å². The summed E-state index contributed by atoms with van der Waals surface area (Å²) in [6, 6.07) is 59.4. The van der Waals surface area contributed by atoms with Crippen LogP contribution in [-0.4, -0.2) is 15.0 Å². The Labute approximate surface area is 328 Å². The van der Waals surface area contributed by atoms with Crippen LogP contribution in [0.3, 0.4) is 0 Å². The van der Waals surface area contributed by atoms with Gasteiger partial charge in [0.25, 0.3) is 0 Å². The van der Waals surface area contributed by atoms with Gasteiger partial charge in [-0.3, -0.25) is 0 Å². The quantitative estimate of drug-likeness (QED) is 0.178. The van der Waals surface area contributed by atoms with E-state index in [1.807, 2.05) is 0 Å². The van der Waals surface area contributed by atoms with E-state index in [0.717, 1.165) is 45.9 Å². The normalized spacial score (nSPS) is 22.7. The van der Waals surface area contributed by atoms with Crippen molar-refractivity contribution in [2.45, 2.75) is 37.5 Å². The summed E-state index contributed by atoms with van der Waals surface area (Å²) >= 11 is 0. The molecule has 0 unspecified atom stereocenters. The zero-order chi connectivity index (χ0) is 36.8. The fraction of sp³-hybridized carbons (Fsp3) is 0.189. The van der Waals surface area contributed by atoms with Gasteiger partial charge in [-0.1, -0.05) is 152 Å². The van der Waals surface area contributed by atoms with Crippen LogP contribution < -0.4 is 0 Å². The molecule has 1 heterocycles. The second kappa shape index (κ2) is 12.4. The molecule has 3 nitrogen and oxygen atoms in total. The van der Waals surface area contributed by atoms with Crippen molar-refractivity contribution in [3.63, 3.8) is 0 Å². The summed E-state index contributed by atoms with van der Waals surface area (Å²) in [6.07, 6.45) is 7.04. The fourth-order valence-electron chi connectivity index (χ4n) is 11.8. The van der Waals surface area contributed by atoms with Crippen molar-refractivity contribution in [2.24, 2.45) is 23.7 Å². The number of rotatable bonds is 5. The van der Waals surface area contributed by atoms with Crippen molar-refractivity contribution in [1.29, 1.82) is 0 Å². The van der Waals surface area contributed by atoms with Crippen LogP contribution in [0.5, 0.6) is 0 Å². The first kappa shape index (κ1) is 32.1. The number of hydrogen-bond donors (Lipinski definition) is 0. The summed E-state index contributed by atoms with van der Waals surface area (Å²) in [4.78, 5) is 15.5. The molecule has 4 bridgehead atoms. The number of hydrogen-bond acceptors (Lipinski definition) is 3. The predicted octanol–water partition coefficient (Wildman–Crippen LogP) is 13.1. The maximum absolute atomic E-state index is 5.21. The van der Waals surface area contributed by atoms with Crippen LogP contribution in [-0.2, 0) is 5.41 Å². The van der Waals surface area contributed by atoms with Crippen molar-refractivity contribution in [3.05, 3.63) is 175 Å². The standard InChI is InChI=1S/C53H41N3/c1-3-10-35(11-4-1)37-18-20-38(21-19-37)50-54-51(41-15-9-14-39(31-41)36-12-5-2-6-13-36)56-52(55-50)42-22-24-45-40(32-42)23-25-48-49(45)46-16-7-8-17-47(46)53(48)43-27-33-26-34(29-43)30-44(53)28-33/h1-25,31-34,43-44H,26-30H2. The summed E-state index contributed by atoms with van der Waals surface area (Å²) in [5.41, 5.74) is 13.9. The Morgan fingerprint density at radius 2 is 0.893 bits per heavy atom. The van der Waals surface area contributed by atoms with Gasteiger partial charge in [0.1, 0.15) is 0 Å². The highest BCUT2D eigenvalue weighted by molar-refractivity contribution is 6.04. The molecule has 0 atom stereocenters. The zero-order valence-corrected chi connectivity index (χ0v) is 31.3. The van der Waals surface area contributed by atoms with Crippen LogP contribution >= 0.6 is 0 Å². The highest BCUT2D eigenvalue weighted by Gasteiger charge is 2.61. The van der Waals surface area contributed by atoms with Gasteiger partial charge in [0, 0.05) is 22.1 Å². The molecule has 7 aromatic carbocycles. The summed E-state index contributed by atoms with van der Waals surface area (Å²) < 4.78 is 0. The monoisotopic (exact) mass is 719 g/mol. The Kier molecular flexibility index (Phi) is 7.11. The van der Waals surface area contributed by atoms with E-state index in [1.165, 1.54) is 70.7 Å². The van der Waals surface area contributed by atoms with E-state index < -0.39 is 0 Å². The molecule has 1 aromatic heterocycles. The van der Waals surface area contributed by atoms with Gasteiger partial charge in [0.2, 0.25) is 0 Å². The maximum atomic E-state index is 5.21. The number of fused-ring (bicyclic) bond motifs is 5. The Hall–Kier alpha value is -6.19. The minimum atomic E-state index is 0.161. The molecule has 0 amide bonds. The topological polar surface area (TPSA) is 38.7 Å². The molecule has 56 heavy (non-hydrogen) atoms. The number of nitrogens with zero attached hydrogens (tertiary/aromatic N) is 3. The summed E-state index contributed by atoms with van der Waals surface area (Å²) in [7, 11) is 0. The minimum absolute atomic E-state index is 0.161. The molecule has 0 aliphatic heterocycles. The van der Waals surface area contributed by atoms with Crippen LogP contribution in [0, 0.1) is 23.7 Å². The summed E-state index contributed by atoms with van der Waals surface area (Å²) in [6.45, 7) is 0. The molecule has 8 aromatic rings. The summed E-state index contributed by atoms with van der Waals surface area (Å²) in [5.74, 6) is 5.38. The van der Waals surface area contributed by atoms with E-state index >= 15 is 0 Å². The molecule has 0 N–H and O–H groups in total. The Balaban J connectivity index is 0.997. The Morgan fingerprint density at radius 3 is 1.59 bits per heavy atom. The van der Waals surface area contributed by atoms with Gasteiger partial charge in [-0.25, -0.2) is 15.0 Å². The third kappa shape index (κ3) is 4.86. The maximum Gasteiger partial charge on any atom is 0.164 e. The molecule has 0 saturated heterocycles. The third-order valence-electron chi connectivity index (χ3n) is 13.9. The van der Waals surface area contributed by atoms with Crippen molar-refractivity contribution in [1.82, 2.24) is 15.0 Å². The van der Waals surface area contributed by atoms with Crippen LogP contribution in [0.4, 0.5) is 0 Å². The second-order valence-corrected chi connectivity index (χ2v) is 16.8. The van der Waals surface area contributed by atoms with Crippen molar-refractivity contribution < 1.29 is 0 Å². The highest BCUT2D eigenvalue weighted by atomic mass is 15.0.